The van der Waals surface area contributed by atoms with Crippen LogP contribution in [0.1, 0.15) is 23.2 Å². The third-order valence-corrected chi connectivity index (χ3v) is 5.53. The van der Waals surface area contributed by atoms with E-state index < -0.39 is 16.0 Å². The highest BCUT2D eigenvalue weighted by molar-refractivity contribution is 7.99. The molecule has 0 radical (unpaired) electrons. The van der Waals surface area contributed by atoms with E-state index in [0.29, 0.717) is 12.3 Å². The number of carbonyl (C=O) groups excluding carboxylic acids is 1. The summed E-state index contributed by atoms with van der Waals surface area (Å²) in [6, 6.07) is 5.85. The number of thioether (sulfide) groups is 1. The number of hydrogen-bond acceptors (Lipinski definition) is 5. The maximum atomic E-state index is 12.1. The number of rotatable bonds is 9. The molecule has 23 heavy (non-hydrogen) atoms. The summed E-state index contributed by atoms with van der Waals surface area (Å²) in [4.78, 5) is 22.4. The summed E-state index contributed by atoms with van der Waals surface area (Å²) in [5, 5.41) is 11.1. The fourth-order valence-corrected chi connectivity index (χ4v) is 3.71. The highest BCUT2D eigenvalue weighted by atomic mass is 32.2. The van der Waals surface area contributed by atoms with Crippen LogP contribution < -0.4 is 10.0 Å². The summed E-state index contributed by atoms with van der Waals surface area (Å²) in [5.41, 5.74) is 0.256. The van der Waals surface area contributed by atoms with Gasteiger partial charge >= 0.3 is 5.97 Å². The van der Waals surface area contributed by atoms with Gasteiger partial charge in [-0.25, -0.2) is 13.1 Å². The predicted octanol–water partition coefficient (Wildman–Crippen LogP) is 0.675. The van der Waals surface area contributed by atoms with Crippen LogP contribution in [-0.2, 0) is 14.8 Å². The first-order chi connectivity index (χ1) is 10.9. The van der Waals surface area contributed by atoms with Gasteiger partial charge in [-0.15, -0.1) is 11.8 Å². The molecule has 1 aliphatic rings. The van der Waals surface area contributed by atoms with E-state index in [1.54, 1.807) is 0 Å². The minimum Gasteiger partial charge on any atom is -0.481 e. The van der Waals surface area contributed by atoms with Crippen LogP contribution in [0, 0.1) is 0 Å². The topological polar surface area (TPSA) is 113 Å². The van der Waals surface area contributed by atoms with Crippen molar-refractivity contribution in [2.24, 2.45) is 0 Å². The minimum absolute atomic E-state index is 0.00347. The molecule has 0 heterocycles. The molecule has 1 aromatic carbocycles. The van der Waals surface area contributed by atoms with Gasteiger partial charge in [0.25, 0.3) is 5.91 Å². The monoisotopic (exact) mass is 358 g/mol. The van der Waals surface area contributed by atoms with Gasteiger partial charge in [-0.05, 0) is 31.0 Å². The Kier molecular flexibility index (Phi) is 6.03. The Bertz CT molecular complexity index is 686. The zero-order valence-corrected chi connectivity index (χ0v) is 14.0. The Morgan fingerprint density at radius 2 is 2.04 bits per heavy atom. The second-order valence-corrected chi connectivity index (χ2v) is 7.94. The van der Waals surface area contributed by atoms with Crippen molar-refractivity contribution in [2.45, 2.75) is 23.8 Å². The summed E-state index contributed by atoms with van der Waals surface area (Å²) in [6.07, 6.45) is 1.68. The SMILES string of the molecule is O=C(O)CSCCNC(=O)c1cccc(S(=O)(=O)NC2CC2)c1. The van der Waals surface area contributed by atoms with E-state index in [4.69, 9.17) is 5.11 Å². The Morgan fingerprint density at radius 1 is 1.30 bits per heavy atom. The number of sulfonamides is 1. The van der Waals surface area contributed by atoms with E-state index >= 15 is 0 Å². The van der Waals surface area contributed by atoms with Gasteiger partial charge in [-0.1, -0.05) is 6.07 Å². The number of hydrogen-bond donors (Lipinski definition) is 3. The summed E-state index contributed by atoms with van der Waals surface area (Å²) in [5.74, 6) is -0.831. The van der Waals surface area contributed by atoms with E-state index in [1.807, 2.05) is 0 Å². The third-order valence-electron chi connectivity index (χ3n) is 3.06. The molecular formula is C14H18N2O5S2. The maximum Gasteiger partial charge on any atom is 0.313 e. The van der Waals surface area contributed by atoms with Crippen molar-refractivity contribution in [3.63, 3.8) is 0 Å². The van der Waals surface area contributed by atoms with E-state index in [-0.39, 0.29) is 28.2 Å². The summed E-state index contributed by atoms with van der Waals surface area (Å²) in [7, 11) is -3.59. The van der Waals surface area contributed by atoms with Crippen LogP contribution in [0.5, 0.6) is 0 Å². The molecule has 0 saturated heterocycles. The summed E-state index contributed by atoms with van der Waals surface area (Å²) >= 11 is 1.20. The van der Waals surface area contributed by atoms with E-state index in [9.17, 15) is 18.0 Å². The summed E-state index contributed by atoms with van der Waals surface area (Å²) in [6.45, 7) is 0.314. The molecule has 0 aromatic heterocycles. The number of carboxylic acid groups (broad SMARTS) is 1. The molecule has 1 saturated carbocycles. The van der Waals surface area contributed by atoms with Crippen LogP contribution in [-0.4, -0.2) is 49.5 Å². The molecule has 0 spiro atoms. The molecule has 126 valence electrons. The Balaban J connectivity index is 1.90. The van der Waals surface area contributed by atoms with Crippen molar-refractivity contribution >= 4 is 33.7 Å². The number of carbonyl (C=O) groups is 2. The van der Waals surface area contributed by atoms with Gasteiger partial charge in [0, 0.05) is 23.9 Å². The fourth-order valence-electron chi connectivity index (χ4n) is 1.79. The first-order valence-corrected chi connectivity index (χ1v) is 9.72. The fraction of sp³-hybridized carbons (Fsp3) is 0.429. The van der Waals surface area contributed by atoms with Gasteiger partial charge in [0.2, 0.25) is 10.0 Å². The first kappa shape index (κ1) is 17.8. The number of aliphatic carboxylic acids is 1. The van der Waals surface area contributed by atoms with Crippen LogP contribution >= 0.6 is 11.8 Å². The molecule has 7 nitrogen and oxygen atoms in total. The second-order valence-electron chi connectivity index (χ2n) is 5.13. The van der Waals surface area contributed by atoms with Crippen molar-refractivity contribution in [3.05, 3.63) is 29.8 Å². The molecule has 0 bridgehead atoms. The lowest BCUT2D eigenvalue weighted by Crippen LogP contribution is -2.28. The second kappa shape index (κ2) is 7.80. The van der Waals surface area contributed by atoms with E-state index in [0.717, 1.165) is 12.8 Å². The normalized spacial score (nSPS) is 14.4. The largest absolute Gasteiger partial charge is 0.481 e. The van der Waals surface area contributed by atoms with Crippen LogP contribution in [0.25, 0.3) is 0 Å². The Morgan fingerprint density at radius 3 is 2.70 bits per heavy atom. The molecule has 3 N–H and O–H groups in total. The molecule has 9 heteroatoms. The zero-order valence-electron chi connectivity index (χ0n) is 12.3. The quantitative estimate of drug-likeness (QED) is 0.560. The number of amides is 1. The van der Waals surface area contributed by atoms with Crippen LogP contribution in [0.2, 0.25) is 0 Å². The van der Waals surface area contributed by atoms with E-state index in [1.165, 1.54) is 36.0 Å². The average Bonchev–Trinajstić information content (AvgIpc) is 3.30. The van der Waals surface area contributed by atoms with E-state index in [2.05, 4.69) is 10.0 Å². The lowest BCUT2D eigenvalue weighted by Gasteiger charge is -2.08. The summed E-state index contributed by atoms with van der Waals surface area (Å²) < 4.78 is 26.8. The number of carboxylic acids is 1. The molecule has 1 aliphatic carbocycles. The molecule has 1 fully saturated rings. The lowest BCUT2D eigenvalue weighted by molar-refractivity contribution is -0.133. The van der Waals surface area contributed by atoms with Crippen LogP contribution in [0.3, 0.4) is 0 Å². The molecule has 1 aromatic rings. The number of nitrogens with one attached hydrogen (secondary N) is 2. The molecule has 0 atom stereocenters. The van der Waals surface area contributed by atoms with Crippen LogP contribution in [0.4, 0.5) is 0 Å². The van der Waals surface area contributed by atoms with Gasteiger partial charge in [0.1, 0.15) is 0 Å². The highest BCUT2D eigenvalue weighted by Gasteiger charge is 2.28. The number of benzene rings is 1. The van der Waals surface area contributed by atoms with Crippen LogP contribution in [0.15, 0.2) is 29.2 Å². The van der Waals surface area contributed by atoms with Gasteiger partial charge < -0.3 is 10.4 Å². The molecular weight excluding hydrogens is 340 g/mol. The third kappa shape index (κ3) is 5.85. The van der Waals surface area contributed by atoms with Gasteiger partial charge in [-0.3, -0.25) is 9.59 Å². The van der Waals surface area contributed by atoms with Crippen molar-refractivity contribution in [2.75, 3.05) is 18.1 Å². The first-order valence-electron chi connectivity index (χ1n) is 7.08. The maximum absolute atomic E-state index is 12.1. The van der Waals surface area contributed by atoms with Crippen molar-refractivity contribution in [3.8, 4) is 0 Å². The van der Waals surface area contributed by atoms with Gasteiger partial charge in [0.15, 0.2) is 0 Å². The standard InChI is InChI=1S/C14H18N2O5S2/c17-13(18)9-22-7-6-15-14(19)10-2-1-3-12(8-10)23(20,21)16-11-4-5-11/h1-3,8,11,16H,4-7,9H2,(H,15,19)(H,17,18). The zero-order chi connectivity index (χ0) is 16.9. The average molecular weight is 358 g/mol. The Labute approximate surface area is 138 Å². The molecule has 1 amide bonds. The highest BCUT2D eigenvalue weighted by Crippen LogP contribution is 2.22. The van der Waals surface area contributed by atoms with Gasteiger partial charge in [0.05, 0.1) is 10.6 Å². The molecule has 2 rings (SSSR count). The van der Waals surface area contributed by atoms with Crippen molar-refractivity contribution < 1.29 is 23.1 Å². The smallest absolute Gasteiger partial charge is 0.313 e. The minimum atomic E-state index is -3.59. The molecule has 0 aliphatic heterocycles. The van der Waals surface area contributed by atoms with Crippen molar-refractivity contribution in [1.82, 2.24) is 10.0 Å². The molecule has 0 unspecified atom stereocenters. The predicted molar refractivity (Wildman–Crippen MR) is 87.1 cm³/mol. The Hall–Kier alpha value is -1.58. The lowest BCUT2D eigenvalue weighted by atomic mass is 10.2. The van der Waals surface area contributed by atoms with Gasteiger partial charge in [-0.2, -0.15) is 0 Å². The van der Waals surface area contributed by atoms with Crippen molar-refractivity contribution in [1.29, 1.82) is 0 Å².